The summed E-state index contributed by atoms with van der Waals surface area (Å²) in [6.45, 7) is 8.88. The molecule has 1 aliphatic heterocycles. The van der Waals surface area contributed by atoms with E-state index in [0.717, 1.165) is 25.3 Å². The van der Waals surface area contributed by atoms with Crippen LogP contribution in [0.15, 0.2) is 30.5 Å². The Bertz CT molecular complexity index is 743. The van der Waals surface area contributed by atoms with Gasteiger partial charge in [-0.05, 0) is 32.4 Å². The molecule has 1 amide bonds. The van der Waals surface area contributed by atoms with Crippen LogP contribution in [0.1, 0.15) is 36.6 Å². The number of nitrogens with one attached hydrogen (secondary N) is 1. The van der Waals surface area contributed by atoms with E-state index in [-0.39, 0.29) is 5.91 Å². The van der Waals surface area contributed by atoms with Crippen molar-refractivity contribution in [1.82, 2.24) is 19.9 Å². The molecule has 1 saturated heterocycles. The van der Waals surface area contributed by atoms with Crippen molar-refractivity contribution < 1.29 is 4.79 Å². The van der Waals surface area contributed by atoms with Gasteiger partial charge in [0.1, 0.15) is 23.2 Å². The minimum Gasteiger partial charge on any atom is -0.368 e. The monoisotopic (exact) mass is 354 g/mol. The molecule has 26 heavy (non-hydrogen) atoms. The van der Waals surface area contributed by atoms with Crippen LogP contribution >= 0.6 is 0 Å². The van der Waals surface area contributed by atoms with Crippen molar-refractivity contribution in [1.29, 1.82) is 0 Å². The molecular formula is C19H26N6O. The molecule has 0 aromatic carbocycles. The number of anilines is 2. The first kappa shape index (κ1) is 18.1. The predicted octanol–water partition coefficient (Wildman–Crippen LogP) is 2.35. The van der Waals surface area contributed by atoms with Gasteiger partial charge in [0.05, 0.1) is 0 Å². The Labute approximate surface area is 154 Å². The minimum absolute atomic E-state index is 0.0385. The molecule has 1 aliphatic rings. The number of aromatic nitrogens is 3. The van der Waals surface area contributed by atoms with Crippen LogP contribution in [0, 0.1) is 6.92 Å². The summed E-state index contributed by atoms with van der Waals surface area (Å²) < 4.78 is 0. The van der Waals surface area contributed by atoms with Gasteiger partial charge in [-0.3, -0.25) is 4.79 Å². The smallest absolute Gasteiger partial charge is 0.272 e. The van der Waals surface area contributed by atoms with Gasteiger partial charge >= 0.3 is 0 Å². The molecule has 1 N–H and O–H groups in total. The Balaban J connectivity index is 1.66. The molecule has 7 heteroatoms. The molecule has 1 fully saturated rings. The molecule has 0 radical (unpaired) electrons. The first-order valence-electron chi connectivity index (χ1n) is 9.14. The minimum atomic E-state index is -0.0385. The number of rotatable bonds is 5. The highest BCUT2D eigenvalue weighted by atomic mass is 16.2. The Hall–Kier alpha value is -2.70. The number of piperazine rings is 1. The number of hydrogen-bond donors (Lipinski definition) is 1. The van der Waals surface area contributed by atoms with E-state index in [1.807, 2.05) is 30.0 Å². The molecule has 2 aromatic heterocycles. The largest absolute Gasteiger partial charge is 0.368 e. The third-order valence-corrected chi connectivity index (χ3v) is 4.60. The van der Waals surface area contributed by atoms with Crippen LogP contribution in [0.3, 0.4) is 0 Å². The second-order valence-electron chi connectivity index (χ2n) is 6.61. The number of hydrogen-bond acceptors (Lipinski definition) is 6. The number of pyridine rings is 1. The average molecular weight is 354 g/mol. The van der Waals surface area contributed by atoms with Crippen LogP contribution in [-0.2, 0) is 0 Å². The molecule has 3 heterocycles. The molecule has 3 rings (SSSR count). The zero-order valence-electron chi connectivity index (χ0n) is 15.6. The van der Waals surface area contributed by atoms with Crippen LogP contribution in [0.25, 0.3) is 0 Å². The number of aryl methyl sites for hydroxylation is 1. The molecule has 1 unspecified atom stereocenters. The zero-order valence-corrected chi connectivity index (χ0v) is 15.6. The van der Waals surface area contributed by atoms with Gasteiger partial charge in [-0.15, -0.1) is 0 Å². The van der Waals surface area contributed by atoms with Crippen LogP contribution in [0.2, 0.25) is 0 Å². The average Bonchev–Trinajstić information content (AvgIpc) is 2.67. The number of nitrogens with zero attached hydrogens (tertiary/aromatic N) is 5. The first-order chi connectivity index (χ1) is 12.6. The lowest BCUT2D eigenvalue weighted by atomic mass is 10.2. The zero-order chi connectivity index (χ0) is 18.5. The predicted molar refractivity (Wildman–Crippen MR) is 102 cm³/mol. The van der Waals surface area contributed by atoms with Gasteiger partial charge in [-0.2, -0.15) is 0 Å². The van der Waals surface area contributed by atoms with Gasteiger partial charge in [0.15, 0.2) is 0 Å². The highest BCUT2D eigenvalue weighted by Crippen LogP contribution is 2.16. The van der Waals surface area contributed by atoms with E-state index in [0.29, 0.717) is 36.5 Å². The fourth-order valence-electron chi connectivity index (χ4n) is 2.95. The molecule has 2 aromatic rings. The summed E-state index contributed by atoms with van der Waals surface area (Å²) in [7, 11) is 0. The fraction of sp³-hybridized carbons (Fsp3) is 0.474. The lowest BCUT2D eigenvalue weighted by Crippen LogP contribution is -2.49. The van der Waals surface area contributed by atoms with E-state index in [4.69, 9.17) is 0 Å². The molecule has 0 saturated carbocycles. The number of carbonyl (C=O) groups is 1. The van der Waals surface area contributed by atoms with Gasteiger partial charge < -0.3 is 15.1 Å². The van der Waals surface area contributed by atoms with E-state index >= 15 is 0 Å². The highest BCUT2D eigenvalue weighted by molar-refractivity contribution is 5.93. The lowest BCUT2D eigenvalue weighted by molar-refractivity contribution is 0.0740. The highest BCUT2D eigenvalue weighted by Gasteiger charge is 2.24. The van der Waals surface area contributed by atoms with E-state index < -0.39 is 0 Å². The van der Waals surface area contributed by atoms with Gasteiger partial charge in [-0.25, -0.2) is 15.0 Å². The molecule has 138 valence electrons. The third kappa shape index (κ3) is 4.28. The standard InChI is InChI=1S/C19H26N6O/c1-4-14(2)21-17-13-16(22-15(3)23-17)19(26)25-11-9-24(10-12-25)18-7-5-6-8-20-18/h5-8,13-14H,4,9-12H2,1-3H3,(H,21,22,23). The summed E-state index contributed by atoms with van der Waals surface area (Å²) in [5.74, 6) is 2.23. The Morgan fingerprint density at radius 1 is 1.23 bits per heavy atom. The van der Waals surface area contributed by atoms with E-state index in [9.17, 15) is 4.79 Å². The maximum Gasteiger partial charge on any atom is 0.272 e. The van der Waals surface area contributed by atoms with Gasteiger partial charge in [0, 0.05) is 44.5 Å². The summed E-state index contributed by atoms with van der Waals surface area (Å²) >= 11 is 0. The maximum atomic E-state index is 12.9. The Kier molecular flexibility index (Phi) is 5.65. The summed E-state index contributed by atoms with van der Waals surface area (Å²) in [6.07, 6.45) is 2.78. The Morgan fingerprint density at radius 3 is 2.65 bits per heavy atom. The summed E-state index contributed by atoms with van der Waals surface area (Å²) in [6, 6.07) is 7.94. The van der Waals surface area contributed by atoms with Gasteiger partial charge in [-0.1, -0.05) is 13.0 Å². The maximum absolute atomic E-state index is 12.9. The summed E-state index contributed by atoms with van der Waals surface area (Å²) in [4.78, 5) is 30.1. The lowest BCUT2D eigenvalue weighted by Gasteiger charge is -2.35. The topological polar surface area (TPSA) is 74.2 Å². The van der Waals surface area contributed by atoms with Crippen molar-refractivity contribution in [2.75, 3.05) is 36.4 Å². The normalized spacial score (nSPS) is 15.7. The molecule has 7 nitrogen and oxygen atoms in total. The van der Waals surface area contributed by atoms with Crippen molar-refractivity contribution >= 4 is 17.5 Å². The van der Waals surface area contributed by atoms with Crippen LogP contribution in [0.5, 0.6) is 0 Å². The van der Waals surface area contributed by atoms with Crippen molar-refractivity contribution in [3.05, 3.63) is 42.0 Å². The van der Waals surface area contributed by atoms with Crippen LogP contribution < -0.4 is 10.2 Å². The molecule has 1 atom stereocenters. The van der Waals surface area contributed by atoms with Crippen LogP contribution in [-0.4, -0.2) is 58.0 Å². The summed E-state index contributed by atoms with van der Waals surface area (Å²) in [5, 5.41) is 3.32. The van der Waals surface area contributed by atoms with Crippen molar-refractivity contribution in [3.63, 3.8) is 0 Å². The third-order valence-electron chi connectivity index (χ3n) is 4.60. The Morgan fingerprint density at radius 2 is 2.00 bits per heavy atom. The summed E-state index contributed by atoms with van der Waals surface area (Å²) in [5.41, 5.74) is 0.453. The van der Waals surface area contributed by atoms with E-state index in [1.54, 1.807) is 12.3 Å². The SMILES string of the molecule is CCC(C)Nc1cc(C(=O)N2CCN(c3ccccn3)CC2)nc(C)n1. The van der Waals surface area contributed by atoms with Crippen molar-refractivity contribution in [2.45, 2.75) is 33.2 Å². The van der Waals surface area contributed by atoms with E-state index in [1.165, 1.54) is 0 Å². The molecule has 0 aliphatic carbocycles. The van der Waals surface area contributed by atoms with Gasteiger partial charge in [0.2, 0.25) is 0 Å². The van der Waals surface area contributed by atoms with Crippen molar-refractivity contribution in [2.24, 2.45) is 0 Å². The van der Waals surface area contributed by atoms with Gasteiger partial charge in [0.25, 0.3) is 5.91 Å². The second-order valence-corrected chi connectivity index (χ2v) is 6.61. The molecule has 0 bridgehead atoms. The quantitative estimate of drug-likeness (QED) is 0.888. The van der Waals surface area contributed by atoms with Crippen LogP contribution in [0.4, 0.5) is 11.6 Å². The van der Waals surface area contributed by atoms with E-state index in [2.05, 4.69) is 39.0 Å². The fourth-order valence-corrected chi connectivity index (χ4v) is 2.95. The molecule has 0 spiro atoms. The first-order valence-corrected chi connectivity index (χ1v) is 9.14. The second kappa shape index (κ2) is 8.12. The molecular weight excluding hydrogens is 328 g/mol. The van der Waals surface area contributed by atoms with Crippen molar-refractivity contribution in [3.8, 4) is 0 Å². The number of carbonyl (C=O) groups excluding carboxylic acids is 1. The number of amides is 1.